The molecule has 1 aromatic carbocycles. The highest BCUT2D eigenvalue weighted by Crippen LogP contribution is 2.59. The number of aliphatic hydroxyl groups excluding tert-OH is 1. The Morgan fingerprint density at radius 2 is 2.18 bits per heavy atom. The minimum atomic E-state index is -1.17. The van der Waals surface area contributed by atoms with Crippen molar-refractivity contribution in [2.24, 2.45) is 11.8 Å². The van der Waals surface area contributed by atoms with E-state index in [0.29, 0.717) is 23.6 Å². The molecule has 33 heavy (non-hydrogen) atoms. The average molecular weight is 477 g/mol. The summed E-state index contributed by atoms with van der Waals surface area (Å²) in [5.41, 5.74) is -0.678. The quantitative estimate of drug-likeness (QED) is 0.456. The van der Waals surface area contributed by atoms with Crippen LogP contribution in [0.25, 0.3) is 0 Å². The lowest BCUT2D eigenvalue weighted by Gasteiger charge is -2.38. The van der Waals surface area contributed by atoms with Gasteiger partial charge >= 0.3 is 5.97 Å². The van der Waals surface area contributed by atoms with Crippen molar-refractivity contribution in [3.63, 3.8) is 0 Å². The molecule has 4 rings (SSSR count). The van der Waals surface area contributed by atoms with E-state index in [1.54, 1.807) is 44.2 Å². The zero-order chi connectivity index (χ0) is 23.9. The molecular weight excluding hydrogens is 448 g/mol. The van der Waals surface area contributed by atoms with Crippen LogP contribution in [0.3, 0.4) is 0 Å². The number of anilines is 1. The Labute approximate surface area is 198 Å². The topological polar surface area (TPSA) is 96.4 Å². The van der Waals surface area contributed by atoms with Crippen LogP contribution in [-0.2, 0) is 23.9 Å². The van der Waals surface area contributed by atoms with Gasteiger partial charge in [-0.25, -0.2) is 0 Å². The molecule has 2 amide bonds. The molecule has 3 aliphatic rings. The van der Waals surface area contributed by atoms with Crippen LogP contribution in [0.15, 0.2) is 36.9 Å². The van der Waals surface area contributed by atoms with Crippen LogP contribution >= 0.6 is 11.6 Å². The van der Waals surface area contributed by atoms with Crippen LogP contribution in [0.2, 0.25) is 5.02 Å². The molecule has 3 heterocycles. The summed E-state index contributed by atoms with van der Waals surface area (Å²) in [6.45, 7) is 7.18. The molecule has 0 aromatic heterocycles. The third kappa shape index (κ3) is 3.55. The molecule has 0 saturated carbocycles. The summed E-state index contributed by atoms with van der Waals surface area (Å²) < 4.78 is 11.6. The standard InChI is InChI=1S/C24H29ClN2O6/c1-4-12-26(16-9-7-6-8-15(16)25)22(30)20-24-11-10-17(33-24)18(23(31)32-5-2)19(24)21(29)27(20)14(3)13-28/h4,6-9,14,17-20,28H,1,5,10-13H2,2-3H3/t14-,17+,18-,19+,20?,24?/m1/s1. The monoisotopic (exact) mass is 476 g/mol. The normalized spacial score (nSPS) is 30.8. The Morgan fingerprint density at radius 3 is 2.82 bits per heavy atom. The number of carbonyl (C=O) groups excluding carboxylic acids is 3. The van der Waals surface area contributed by atoms with E-state index >= 15 is 0 Å². The van der Waals surface area contributed by atoms with Gasteiger partial charge in [-0.3, -0.25) is 14.4 Å². The summed E-state index contributed by atoms with van der Waals surface area (Å²) in [5.74, 6) is -2.85. The zero-order valence-corrected chi connectivity index (χ0v) is 19.5. The smallest absolute Gasteiger partial charge is 0.312 e. The Bertz CT molecular complexity index is 970. The van der Waals surface area contributed by atoms with Gasteiger partial charge in [-0.05, 0) is 38.8 Å². The van der Waals surface area contributed by atoms with Crippen LogP contribution in [0.4, 0.5) is 5.69 Å². The minimum Gasteiger partial charge on any atom is -0.466 e. The second-order valence-electron chi connectivity index (χ2n) is 8.77. The number of rotatable bonds is 8. The maximum atomic E-state index is 14.1. The summed E-state index contributed by atoms with van der Waals surface area (Å²) in [5, 5.41) is 10.3. The fourth-order valence-corrected chi connectivity index (χ4v) is 5.93. The van der Waals surface area contributed by atoms with E-state index in [-0.39, 0.29) is 31.6 Å². The molecule has 2 bridgehead atoms. The summed E-state index contributed by atoms with van der Waals surface area (Å²) in [6, 6.07) is 5.29. The summed E-state index contributed by atoms with van der Waals surface area (Å²) in [7, 11) is 0. The number of ether oxygens (including phenoxy) is 2. The van der Waals surface area contributed by atoms with Crippen molar-refractivity contribution in [2.75, 3.05) is 24.7 Å². The van der Waals surface area contributed by atoms with Crippen LogP contribution in [0, 0.1) is 11.8 Å². The lowest BCUT2D eigenvalue weighted by Crippen LogP contribution is -2.58. The van der Waals surface area contributed by atoms with Gasteiger partial charge in [0.05, 0.1) is 47.9 Å². The highest BCUT2D eigenvalue weighted by Gasteiger charge is 2.75. The van der Waals surface area contributed by atoms with Gasteiger partial charge in [0.1, 0.15) is 11.6 Å². The van der Waals surface area contributed by atoms with Crippen molar-refractivity contribution >= 4 is 35.1 Å². The number of esters is 1. The Kier molecular flexibility index (Phi) is 6.53. The minimum absolute atomic E-state index is 0.167. The first-order chi connectivity index (χ1) is 15.8. The van der Waals surface area contributed by atoms with Gasteiger partial charge in [0.2, 0.25) is 5.91 Å². The Balaban J connectivity index is 1.80. The number of fused-ring (bicyclic) bond motifs is 1. The van der Waals surface area contributed by atoms with Crippen molar-refractivity contribution in [1.82, 2.24) is 4.90 Å². The molecule has 3 fully saturated rings. The lowest BCUT2D eigenvalue weighted by molar-refractivity contribution is -0.155. The van der Waals surface area contributed by atoms with E-state index < -0.39 is 41.6 Å². The molecule has 1 N–H and O–H groups in total. The van der Waals surface area contributed by atoms with E-state index in [1.807, 2.05) is 0 Å². The van der Waals surface area contributed by atoms with Gasteiger partial charge in [-0.15, -0.1) is 6.58 Å². The van der Waals surface area contributed by atoms with Crippen molar-refractivity contribution < 1.29 is 29.0 Å². The number of halogens is 1. The summed E-state index contributed by atoms with van der Waals surface area (Å²) in [6.07, 6.45) is 2.11. The fourth-order valence-electron chi connectivity index (χ4n) is 5.69. The number of aliphatic hydroxyl groups is 1. The van der Waals surface area contributed by atoms with E-state index in [9.17, 15) is 19.5 Å². The number of hydrogen-bond donors (Lipinski definition) is 1. The zero-order valence-electron chi connectivity index (χ0n) is 18.8. The van der Waals surface area contributed by atoms with E-state index in [2.05, 4.69) is 6.58 Å². The molecule has 0 radical (unpaired) electrons. The Morgan fingerprint density at radius 1 is 1.45 bits per heavy atom. The number of hydrogen-bond acceptors (Lipinski definition) is 6. The van der Waals surface area contributed by atoms with Crippen LogP contribution in [-0.4, -0.2) is 71.3 Å². The molecule has 2 unspecified atom stereocenters. The molecule has 3 saturated heterocycles. The molecule has 1 spiro atoms. The maximum Gasteiger partial charge on any atom is 0.312 e. The predicted octanol–water partition coefficient (Wildman–Crippen LogP) is 2.18. The molecular formula is C24H29ClN2O6. The first-order valence-electron chi connectivity index (χ1n) is 11.3. The summed E-state index contributed by atoms with van der Waals surface area (Å²) >= 11 is 6.41. The van der Waals surface area contributed by atoms with E-state index in [0.717, 1.165) is 0 Å². The summed E-state index contributed by atoms with van der Waals surface area (Å²) in [4.78, 5) is 43.5. The number of benzene rings is 1. The first-order valence-corrected chi connectivity index (χ1v) is 11.6. The van der Waals surface area contributed by atoms with Crippen molar-refractivity contribution in [2.45, 2.75) is 50.5 Å². The number of amides is 2. The molecule has 0 aliphatic carbocycles. The second kappa shape index (κ2) is 9.08. The largest absolute Gasteiger partial charge is 0.466 e. The van der Waals surface area contributed by atoms with Gasteiger partial charge in [0, 0.05) is 6.54 Å². The number of carbonyl (C=O) groups is 3. The molecule has 6 atom stereocenters. The van der Waals surface area contributed by atoms with Gasteiger partial charge < -0.3 is 24.4 Å². The predicted molar refractivity (Wildman–Crippen MR) is 122 cm³/mol. The van der Waals surface area contributed by atoms with Crippen molar-refractivity contribution in [1.29, 1.82) is 0 Å². The average Bonchev–Trinajstić information content (AvgIpc) is 3.44. The number of likely N-dealkylation sites (tertiary alicyclic amines) is 1. The van der Waals surface area contributed by atoms with Gasteiger partial charge in [-0.2, -0.15) is 0 Å². The van der Waals surface area contributed by atoms with Gasteiger partial charge in [-0.1, -0.05) is 29.8 Å². The Hall–Kier alpha value is -2.42. The maximum absolute atomic E-state index is 14.1. The van der Waals surface area contributed by atoms with Crippen LogP contribution in [0.1, 0.15) is 26.7 Å². The number of nitrogens with zero attached hydrogens (tertiary/aromatic N) is 2. The lowest BCUT2D eigenvalue weighted by atomic mass is 9.70. The molecule has 8 nitrogen and oxygen atoms in total. The molecule has 178 valence electrons. The number of para-hydroxylation sites is 1. The molecule has 1 aromatic rings. The fraction of sp³-hybridized carbons (Fsp3) is 0.542. The van der Waals surface area contributed by atoms with Crippen LogP contribution < -0.4 is 4.90 Å². The highest BCUT2D eigenvalue weighted by atomic mass is 35.5. The van der Waals surface area contributed by atoms with Gasteiger partial charge in [0.15, 0.2) is 0 Å². The third-order valence-corrected chi connectivity index (χ3v) is 7.31. The first kappa shape index (κ1) is 23.7. The van der Waals surface area contributed by atoms with E-state index in [4.69, 9.17) is 21.1 Å². The van der Waals surface area contributed by atoms with Crippen molar-refractivity contribution in [3.05, 3.63) is 41.9 Å². The second-order valence-corrected chi connectivity index (χ2v) is 9.18. The van der Waals surface area contributed by atoms with E-state index in [1.165, 1.54) is 9.80 Å². The highest BCUT2D eigenvalue weighted by molar-refractivity contribution is 6.34. The van der Waals surface area contributed by atoms with Crippen molar-refractivity contribution in [3.8, 4) is 0 Å². The molecule has 9 heteroatoms. The van der Waals surface area contributed by atoms with Crippen LogP contribution in [0.5, 0.6) is 0 Å². The SMILES string of the molecule is C=CCN(C(=O)C1N([C@H](C)CO)C(=O)[C@@H]2[C@H](C(=O)OCC)[C@@H]3CCC12O3)c1ccccc1Cl. The molecule has 3 aliphatic heterocycles. The van der Waals surface area contributed by atoms with Gasteiger partial charge in [0.25, 0.3) is 5.91 Å². The third-order valence-electron chi connectivity index (χ3n) is 6.99.